The molecule has 1 fully saturated rings. The van der Waals surface area contributed by atoms with E-state index in [9.17, 15) is 4.79 Å². The van der Waals surface area contributed by atoms with Crippen LogP contribution in [-0.2, 0) is 9.53 Å². The molecule has 1 atom stereocenters. The predicted molar refractivity (Wildman–Crippen MR) is 61.9 cm³/mol. The molecule has 1 aliphatic rings. The van der Waals surface area contributed by atoms with Crippen molar-refractivity contribution >= 4 is 5.78 Å². The van der Waals surface area contributed by atoms with E-state index in [1.807, 2.05) is 0 Å². The van der Waals surface area contributed by atoms with Crippen LogP contribution in [0.5, 0.6) is 0 Å². The van der Waals surface area contributed by atoms with E-state index in [1.165, 1.54) is 25.7 Å². The van der Waals surface area contributed by atoms with Gasteiger partial charge in [-0.15, -0.1) is 0 Å². The molecule has 0 aliphatic heterocycles. The Labute approximate surface area is 93.4 Å². The number of carbonyl (C=O) groups excluding carboxylic acids is 1. The van der Waals surface area contributed by atoms with Gasteiger partial charge in [-0.1, -0.05) is 32.6 Å². The average molecular weight is 212 g/mol. The number of carbonyl (C=O) groups is 1. The third-order valence-corrected chi connectivity index (χ3v) is 3.31. The van der Waals surface area contributed by atoms with Crippen LogP contribution in [0.3, 0.4) is 0 Å². The molecule has 0 bridgehead atoms. The van der Waals surface area contributed by atoms with Gasteiger partial charge in [0.25, 0.3) is 0 Å². The minimum absolute atomic E-state index is 0.354. The van der Waals surface area contributed by atoms with Gasteiger partial charge in [0, 0.05) is 26.1 Å². The molecule has 1 rings (SSSR count). The highest BCUT2D eigenvalue weighted by atomic mass is 16.5. The fraction of sp³-hybridized carbons (Fsp3) is 0.923. The quantitative estimate of drug-likeness (QED) is 0.654. The second kappa shape index (κ2) is 7.00. The molecule has 0 N–H and O–H groups in total. The van der Waals surface area contributed by atoms with Crippen LogP contribution in [-0.4, -0.2) is 19.5 Å². The summed E-state index contributed by atoms with van der Waals surface area (Å²) in [7, 11) is 1.70. The summed E-state index contributed by atoms with van der Waals surface area (Å²) in [6.45, 7) is 2.80. The van der Waals surface area contributed by atoms with Gasteiger partial charge in [-0.05, 0) is 18.8 Å². The molecule has 0 aromatic rings. The highest BCUT2D eigenvalue weighted by Gasteiger charge is 2.21. The van der Waals surface area contributed by atoms with Crippen molar-refractivity contribution in [1.29, 1.82) is 0 Å². The Hall–Kier alpha value is -0.370. The zero-order valence-corrected chi connectivity index (χ0v) is 10.1. The van der Waals surface area contributed by atoms with Gasteiger partial charge in [-0.3, -0.25) is 4.79 Å². The van der Waals surface area contributed by atoms with E-state index in [1.54, 1.807) is 7.11 Å². The number of methoxy groups -OCH3 is 1. The maximum Gasteiger partial charge on any atom is 0.136 e. The maximum absolute atomic E-state index is 12.0. The third-order valence-electron chi connectivity index (χ3n) is 3.31. The van der Waals surface area contributed by atoms with Crippen molar-refractivity contribution in [2.75, 3.05) is 13.7 Å². The van der Waals surface area contributed by atoms with Crippen LogP contribution in [0.2, 0.25) is 0 Å². The SMILES string of the molecule is COCC(C)CC(=O)C1CCCCCC1. The van der Waals surface area contributed by atoms with Gasteiger partial charge >= 0.3 is 0 Å². The van der Waals surface area contributed by atoms with Crippen LogP contribution in [0.25, 0.3) is 0 Å². The molecular weight excluding hydrogens is 188 g/mol. The number of hydrogen-bond acceptors (Lipinski definition) is 2. The molecule has 1 saturated carbocycles. The second-order valence-electron chi connectivity index (χ2n) is 4.92. The van der Waals surface area contributed by atoms with E-state index < -0.39 is 0 Å². The smallest absolute Gasteiger partial charge is 0.136 e. The molecule has 15 heavy (non-hydrogen) atoms. The molecule has 0 spiro atoms. The van der Waals surface area contributed by atoms with Gasteiger partial charge in [-0.2, -0.15) is 0 Å². The third kappa shape index (κ3) is 4.78. The second-order valence-corrected chi connectivity index (χ2v) is 4.92. The molecule has 1 unspecified atom stereocenters. The van der Waals surface area contributed by atoms with Crippen molar-refractivity contribution in [2.24, 2.45) is 11.8 Å². The molecule has 0 radical (unpaired) electrons. The Morgan fingerprint density at radius 3 is 2.40 bits per heavy atom. The first-order valence-corrected chi connectivity index (χ1v) is 6.25. The Kier molecular flexibility index (Phi) is 5.92. The average Bonchev–Trinajstić information content (AvgIpc) is 2.45. The monoisotopic (exact) mass is 212 g/mol. The van der Waals surface area contributed by atoms with Gasteiger partial charge in [0.2, 0.25) is 0 Å². The molecule has 2 nitrogen and oxygen atoms in total. The molecule has 0 aromatic heterocycles. The molecule has 0 heterocycles. The molecule has 88 valence electrons. The summed E-state index contributed by atoms with van der Waals surface area (Å²) in [5, 5.41) is 0. The van der Waals surface area contributed by atoms with Crippen molar-refractivity contribution < 1.29 is 9.53 Å². The summed E-state index contributed by atoms with van der Waals surface area (Å²) in [6, 6.07) is 0. The van der Waals surface area contributed by atoms with Gasteiger partial charge in [0.1, 0.15) is 5.78 Å². The zero-order valence-electron chi connectivity index (χ0n) is 10.1. The van der Waals surface area contributed by atoms with Crippen molar-refractivity contribution in [3.8, 4) is 0 Å². The van der Waals surface area contributed by atoms with Crippen LogP contribution in [0.15, 0.2) is 0 Å². The molecule has 0 amide bonds. The van der Waals surface area contributed by atoms with Crippen molar-refractivity contribution in [1.82, 2.24) is 0 Å². The predicted octanol–water partition coefficient (Wildman–Crippen LogP) is 3.20. The lowest BCUT2D eigenvalue weighted by atomic mass is 9.90. The summed E-state index contributed by atoms with van der Waals surface area (Å²) in [6.07, 6.45) is 8.08. The minimum Gasteiger partial charge on any atom is -0.384 e. The van der Waals surface area contributed by atoms with E-state index in [-0.39, 0.29) is 0 Å². The molecule has 1 aliphatic carbocycles. The largest absolute Gasteiger partial charge is 0.384 e. The van der Waals surface area contributed by atoms with Gasteiger partial charge in [0.15, 0.2) is 0 Å². The van der Waals surface area contributed by atoms with Crippen molar-refractivity contribution in [2.45, 2.75) is 51.9 Å². The Balaban J connectivity index is 2.30. The maximum atomic E-state index is 12.0. The topological polar surface area (TPSA) is 26.3 Å². The van der Waals surface area contributed by atoms with E-state index in [0.717, 1.165) is 12.8 Å². The van der Waals surface area contributed by atoms with E-state index in [2.05, 4.69) is 6.92 Å². The lowest BCUT2D eigenvalue weighted by Crippen LogP contribution is -2.18. The van der Waals surface area contributed by atoms with Crippen molar-refractivity contribution in [3.63, 3.8) is 0 Å². The number of Topliss-reactive ketones (excluding diaryl/α,β-unsaturated/α-hetero) is 1. The van der Waals surface area contributed by atoms with Gasteiger partial charge in [-0.25, -0.2) is 0 Å². The Bertz CT molecular complexity index is 181. The first-order chi connectivity index (χ1) is 7.24. The summed E-state index contributed by atoms with van der Waals surface area (Å²) in [5.41, 5.74) is 0. The molecule has 0 aromatic carbocycles. The summed E-state index contributed by atoms with van der Waals surface area (Å²) < 4.78 is 5.06. The van der Waals surface area contributed by atoms with E-state index in [4.69, 9.17) is 4.74 Å². The zero-order chi connectivity index (χ0) is 11.1. The van der Waals surface area contributed by atoms with Crippen LogP contribution < -0.4 is 0 Å². The number of rotatable bonds is 5. The number of ether oxygens (including phenoxy) is 1. The van der Waals surface area contributed by atoms with Crippen LogP contribution in [0, 0.1) is 11.8 Å². The van der Waals surface area contributed by atoms with Crippen LogP contribution in [0.4, 0.5) is 0 Å². The van der Waals surface area contributed by atoms with Gasteiger partial charge < -0.3 is 4.74 Å². The standard InChI is InChI=1S/C13H24O2/c1-11(10-15-2)9-13(14)12-7-5-3-4-6-8-12/h11-12H,3-10H2,1-2H3. The lowest BCUT2D eigenvalue weighted by molar-refractivity contribution is -0.124. The highest BCUT2D eigenvalue weighted by molar-refractivity contribution is 5.81. The van der Waals surface area contributed by atoms with E-state index in [0.29, 0.717) is 30.6 Å². The first kappa shape index (κ1) is 12.7. The Morgan fingerprint density at radius 1 is 1.27 bits per heavy atom. The summed E-state index contributed by atoms with van der Waals surface area (Å²) >= 11 is 0. The number of hydrogen-bond donors (Lipinski definition) is 0. The fourth-order valence-corrected chi connectivity index (χ4v) is 2.45. The normalized spacial score (nSPS) is 20.9. The van der Waals surface area contributed by atoms with Crippen LogP contribution in [0.1, 0.15) is 51.9 Å². The minimum atomic E-state index is 0.354. The summed E-state index contributed by atoms with van der Waals surface area (Å²) in [5.74, 6) is 1.21. The highest BCUT2D eigenvalue weighted by Crippen LogP contribution is 2.25. The fourth-order valence-electron chi connectivity index (χ4n) is 2.45. The molecular formula is C13H24O2. The molecule has 2 heteroatoms. The lowest BCUT2D eigenvalue weighted by Gasteiger charge is -2.15. The number of ketones is 1. The van der Waals surface area contributed by atoms with E-state index >= 15 is 0 Å². The van der Waals surface area contributed by atoms with Crippen LogP contribution >= 0.6 is 0 Å². The summed E-state index contributed by atoms with van der Waals surface area (Å²) in [4.78, 5) is 12.0. The Morgan fingerprint density at radius 2 is 1.87 bits per heavy atom. The van der Waals surface area contributed by atoms with Gasteiger partial charge in [0.05, 0.1) is 0 Å². The van der Waals surface area contributed by atoms with Crippen molar-refractivity contribution in [3.05, 3.63) is 0 Å². The molecule has 0 saturated heterocycles. The first-order valence-electron chi connectivity index (χ1n) is 6.25.